The molecule has 0 saturated carbocycles. The van der Waals surface area contributed by atoms with Crippen molar-refractivity contribution in [2.75, 3.05) is 5.32 Å². The van der Waals surface area contributed by atoms with Gasteiger partial charge >= 0.3 is 0 Å². The lowest BCUT2D eigenvalue weighted by Gasteiger charge is -2.14. The molecule has 90 valence electrons. The zero-order valence-electron chi connectivity index (χ0n) is 9.01. The maximum absolute atomic E-state index is 13.0. The van der Waals surface area contributed by atoms with Crippen LogP contribution in [0, 0.1) is 11.6 Å². The second kappa shape index (κ2) is 5.02. The van der Waals surface area contributed by atoms with E-state index in [1.165, 1.54) is 17.4 Å². The maximum atomic E-state index is 13.0. The molecule has 0 aliphatic heterocycles. The minimum atomic E-state index is -0.856. The van der Waals surface area contributed by atoms with Crippen molar-refractivity contribution in [2.24, 2.45) is 0 Å². The first kappa shape index (κ1) is 12.3. The maximum Gasteiger partial charge on any atom is 0.160 e. The molecule has 1 nitrogen and oxygen atoms in total. The highest BCUT2D eigenvalue weighted by atomic mass is 35.5. The summed E-state index contributed by atoms with van der Waals surface area (Å²) in [5, 5.41) is 5.01. The summed E-state index contributed by atoms with van der Waals surface area (Å²) < 4.78 is 26.5. The zero-order valence-corrected chi connectivity index (χ0v) is 10.6. The predicted octanol–water partition coefficient (Wildman–Crippen LogP) is 4.85. The van der Waals surface area contributed by atoms with Crippen LogP contribution in [-0.4, -0.2) is 0 Å². The van der Waals surface area contributed by atoms with Gasteiger partial charge in [-0.25, -0.2) is 8.78 Å². The molecule has 0 aliphatic carbocycles. The second-order valence-electron chi connectivity index (χ2n) is 3.68. The summed E-state index contributed by atoms with van der Waals surface area (Å²) in [5.74, 6) is -1.70. The second-order valence-corrected chi connectivity index (χ2v) is 5.22. The van der Waals surface area contributed by atoms with Crippen LogP contribution < -0.4 is 5.32 Å². The van der Waals surface area contributed by atoms with Crippen molar-refractivity contribution < 1.29 is 8.78 Å². The van der Waals surface area contributed by atoms with Gasteiger partial charge in [0.25, 0.3) is 0 Å². The lowest BCUT2D eigenvalue weighted by molar-refractivity contribution is 0.509. The van der Waals surface area contributed by atoms with Crippen LogP contribution in [0.25, 0.3) is 0 Å². The van der Waals surface area contributed by atoms with Crippen LogP contribution in [0.2, 0.25) is 4.34 Å². The van der Waals surface area contributed by atoms with Crippen molar-refractivity contribution in [3.63, 3.8) is 0 Å². The molecule has 17 heavy (non-hydrogen) atoms. The van der Waals surface area contributed by atoms with E-state index in [0.717, 1.165) is 17.7 Å². The third kappa shape index (κ3) is 2.96. The molecular formula is C12H10ClF2NS. The monoisotopic (exact) mass is 273 g/mol. The molecule has 0 amide bonds. The average molecular weight is 274 g/mol. The van der Waals surface area contributed by atoms with Gasteiger partial charge in [0.2, 0.25) is 0 Å². The molecule has 0 aliphatic rings. The van der Waals surface area contributed by atoms with Gasteiger partial charge in [0.05, 0.1) is 4.34 Å². The van der Waals surface area contributed by atoms with Crippen molar-refractivity contribution >= 4 is 28.6 Å². The third-order valence-corrected chi connectivity index (χ3v) is 3.50. The SMILES string of the molecule is CC(Nc1ccc(F)c(F)c1)c1csc(Cl)c1. The van der Waals surface area contributed by atoms with Crippen LogP contribution in [0.15, 0.2) is 29.6 Å². The fraction of sp³-hybridized carbons (Fsp3) is 0.167. The van der Waals surface area contributed by atoms with E-state index in [1.807, 2.05) is 18.4 Å². The molecule has 1 aromatic heterocycles. The molecule has 1 heterocycles. The Balaban J connectivity index is 2.12. The molecule has 0 spiro atoms. The Morgan fingerprint density at radius 1 is 1.24 bits per heavy atom. The molecule has 0 bridgehead atoms. The Kier molecular flexibility index (Phi) is 3.64. The van der Waals surface area contributed by atoms with E-state index in [0.29, 0.717) is 10.0 Å². The fourth-order valence-electron chi connectivity index (χ4n) is 1.47. The molecule has 0 fully saturated rings. The quantitative estimate of drug-likeness (QED) is 0.843. The lowest BCUT2D eigenvalue weighted by atomic mass is 10.1. The van der Waals surface area contributed by atoms with E-state index in [-0.39, 0.29) is 6.04 Å². The van der Waals surface area contributed by atoms with Gasteiger partial charge < -0.3 is 5.32 Å². The number of thiophene rings is 1. The summed E-state index contributed by atoms with van der Waals surface area (Å²) in [5.41, 5.74) is 1.56. The van der Waals surface area contributed by atoms with Gasteiger partial charge in [-0.3, -0.25) is 0 Å². The van der Waals surface area contributed by atoms with Crippen LogP contribution in [0.3, 0.4) is 0 Å². The Bertz CT molecular complexity index is 527. The standard InChI is InChI=1S/C12H10ClF2NS/c1-7(8-4-12(13)17-6-8)16-9-2-3-10(14)11(15)5-9/h2-7,16H,1H3. The summed E-state index contributed by atoms with van der Waals surface area (Å²) in [6, 6.07) is 5.58. The van der Waals surface area contributed by atoms with Gasteiger partial charge in [-0.2, -0.15) is 0 Å². The highest BCUT2D eigenvalue weighted by molar-refractivity contribution is 7.14. The van der Waals surface area contributed by atoms with Crippen LogP contribution in [0.4, 0.5) is 14.5 Å². The van der Waals surface area contributed by atoms with Crippen molar-refractivity contribution in [3.05, 3.63) is 51.2 Å². The van der Waals surface area contributed by atoms with Crippen LogP contribution in [-0.2, 0) is 0 Å². The number of hydrogen-bond donors (Lipinski definition) is 1. The third-order valence-electron chi connectivity index (χ3n) is 2.39. The molecule has 2 aromatic rings. The van der Waals surface area contributed by atoms with Gasteiger partial charge in [-0.15, -0.1) is 11.3 Å². The van der Waals surface area contributed by atoms with Gasteiger partial charge in [0.1, 0.15) is 0 Å². The number of benzene rings is 1. The average Bonchev–Trinajstić information content (AvgIpc) is 2.70. The zero-order chi connectivity index (χ0) is 12.4. The fourth-order valence-corrected chi connectivity index (χ4v) is 2.45. The first-order valence-corrected chi connectivity index (χ1v) is 6.27. The van der Waals surface area contributed by atoms with E-state index in [1.54, 1.807) is 0 Å². The molecule has 1 atom stereocenters. The highest BCUT2D eigenvalue weighted by Crippen LogP contribution is 2.27. The summed E-state index contributed by atoms with van der Waals surface area (Å²) in [6.45, 7) is 1.93. The van der Waals surface area contributed by atoms with Gasteiger partial charge in [0, 0.05) is 17.8 Å². The molecular weight excluding hydrogens is 264 g/mol. The van der Waals surface area contributed by atoms with Crippen molar-refractivity contribution in [2.45, 2.75) is 13.0 Å². The van der Waals surface area contributed by atoms with Gasteiger partial charge in [-0.1, -0.05) is 11.6 Å². The van der Waals surface area contributed by atoms with Crippen molar-refractivity contribution in [3.8, 4) is 0 Å². The minimum Gasteiger partial charge on any atom is -0.378 e. The lowest BCUT2D eigenvalue weighted by Crippen LogP contribution is -2.05. The normalized spacial score (nSPS) is 12.5. The minimum absolute atomic E-state index is 0.0105. The molecule has 2 rings (SSSR count). The number of nitrogens with one attached hydrogen (secondary N) is 1. The van der Waals surface area contributed by atoms with Crippen LogP contribution in [0.1, 0.15) is 18.5 Å². The largest absolute Gasteiger partial charge is 0.378 e. The summed E-state index contributed by atoms with van der Waals surface area (Å²) >= 11 is 7.27. The van der Waals surface area contributed by atoms with Gasteiger partial charge in [0.15, 0.2) is 11.6 Å². The van der Waals surface area contributed by atoms with E-state index in [2.05, 4.69) is 5.32 Å². The number of halogens is 3. The number of rotatable bonds is 3. The van der Waals surface area contributed by atoms with Crippen LogP contribution in [0.5, 0.6) is 0 Å². The molecule has 1 unspecified atom stereocenters. The molecule has 0 radical (unpaired) electrons. The summed E-state index contributed by atoms with van der Waals surface area (Å²) in [6.07, 6.45) is 0. The smallest absolute Gasteiger partial charge is 0.160 e. The number of anilines is 1. The number of hydrogen-bond acceptors (Lipinski definition) is 2. The van der Waals surface area contributed by atoms with E-state index in [9.17, 15) is 8.78 Å². The molecule has 0 saturated heterocycles. The Morgan fingerprint density at radius 3 is 2.59 bits per heavy atom. The molecule has 5 heteroatoms. The topological polar surface area (TPSA) is 12.0 Å². The van der Waals surface area contributed by atoms with E-state index >= 15 is 0 Å². The Morgan fingerprint density at radius 2 is 2.00 bits per heavy atom. The summed E-state index contributed by atoms with van der Waals surface area (Å²) in [7, 11) is 0. The van der Waals surface area contributed by atoms with Crippen LogP contribution >= 0.6 is 22.9 Å². The van der Waals surface area contributed by atoms with Gasteiger partial charge in [-0.05, 0) is 36.1 Å². The first-order valence-electron chi connectivity index (χ1n) is 5.02. The Labute approximate surface area is 107 Å². The molecule has 1 N–H and O–H groups in total. The molecule has 1 aromatic carbocycles. The summed E-state index contributed by atoms with van der Waals surface area (Å²) in [4.78, 5) is 0. The Hall–Kier alpha value is -1.13. The van der Waals surface area contributed by atoms with Crippen molar-refractivity contribution in [1.29, 1.82) is 0 Å². The van der Waals surface area contributed by atoms with E-state index in [4.69, 9.17) is 11.6 Å². The van der Waals surface area contributed by atoms with Crippen molar-refractivity contribution in [1.82, 2.24) is 0 Å². The first-order chi connectivity index (χ1) is 8.06. The van der Waals surface area contributed by atoms with E-state index < -0.39 is 11.6 Å². The predicted molar refractivity (Wildman–Crippen MR) is 67.7 cm³/mol. The highest BCUT2D eigenvalue weighted by Gasteiger charge is 2.09.